The fourth-order valence-corrected chi connectivity index (χ4v) is 1.76. The summed E-state index contributed by atoms with van der Waals surface area (Å²) < 4.78 is 64.4. The molecule has 2 aromatic rings. The molecule has 0 spiro atoms. The van der Waals surface area contributed by atoms with E-state index in [0.29, 0.717) is 22.9 Å². The molecule has 1 N–H and O–H groups in total. The van der Waals surface area contributed by atoms with Crippen molar-refractivity contribution in [3.05, 3.63) is 63.6 Å². The van der Waals surface area contributed by atoms with Crippen molar-refractivity contribution in [1.82, 2.24) is 9.78 Å². The molecule has 0 aliphatic carbocycles. The molecule has 0 bridgehead atoms. The Morgan fingerprint density at radius 3 is 2.50 bits per heavy atom. The molecule has 0 radical (unpaired) electrons. The van der Waals surface area contributed by atoms with Gasteiger partial charge in [-0.1, -0.05) is 0 Å². The molecule has 1 heterocycles. The van der Waals surface area contributed by atoms with Crippen LogP contribution in [0.1, 0.15) is 17.4 Å². The van der Waals surface area contributed by atoms with Crippen molar-refractivity contribution >= 4 is 0 Å². The van der Waals surface area contributed by atoms with E-state index in [0.717, 1.165) is 12.1 Å². The lowest BCUT2D eigenvalue weighted by molar-refractivity contribution is -0.142. The number of halogens is 5. The van der Waals surface area contributed by atoms with E-state index >= 15 is 0 Å². The normalized spacial score (nSPS) is 13.2. The highest BCUT2D eigenvalue weighted by Gasteiger charge is 2.33. The average molecular weight is 320 g/mol. The summed E-state index contributed by atoms with van der Waals surface area (Å²) in [5.41, 5.74) is -2.73. The lowest BCUT2D eigenvalue weighted by Crippen LogP contribution is -2.28. The van der Waals surface area contributed by atoms with Crippen molar-refractivity contribution in [1.29, 1.82) is 0 Å². The van der Waals surface area contributed by atoms with Crippen LogP contribution < -0.4 is 5.56 Å². The number of benzene rings is 1. The molecule has 22 heavy (non-hydrogen) atoms. The second-order valence-electron chi connectivity index (χ2n) is 4.42. The van der Waals surface area contributed by atoms with Gasteiger partial charge in [0.15, 0.2) is 5.69 Å². The third-order valence-corrected chi connectivity index (χ3v) is 2.82. The number of alkyl halides is 3. The Kier molecular flexibility index (Phi) is 4.27. The zero-order valence-corrected chi connectivity index (χ0v) is 10.8. The molecular formula is C13H9F5N2O2. The standard InChI is InChI=1S/C13H9F5N2O2/c14-7-1-2-9(15)8(5-7)10(21)6-20-12(22)4-3-11(19-20)13(16,17)18/h1-5,10,21H,6H2. The summed E-state index contributed by atoms with van der Waals surface area (Å²) in [6.07, 6.45) is -6.51. The van der Waals surface area contributed by atoms with Gasteiger partial charge >= 0.3 is 6.18 Å². The van der Waals surface area contributed by atoms with Gasteiger partial charge in [-0.2, -0.15) is 18.3 Å². The molecule has 0 fully saturated rings. The molecule has 1 aromatic heterocycles. The fourth-order valence-electron chi connectivity index (χ4n) is 1.76. The lowest BCUT2D eigenvalue weighted by Gasteiger charge is -2.14. The smallest absolute Gasteiger partial charge is 0.386 e. The second kappa shape index (κ2) is 5.84. The van der Waals surface area contributed by atoms with Crippen LogP contribution >= 0.6 is 0 Å². The molecule has 1 atom stereocenters. The summed E-state index contributed by atoms with van der Waals surface area (Å²) in [7, 11) is 0. The van der Waals surface area contributed by atoms with E-state index in [1.165, 1.54) is 0 Å². The van der Waals surface area contributed by atoms with Crippen molar-refractivity contribution in [2.45, 2.75) is 18.8 Å². The first-order chi connectivity index (χ1) is 10.2. The first kappa shape index (κ1) is 16.1. The van der Waals surface area contributed by atoms with Gasteiger partial charge in [-0.05, 0) is 24.3 Å². The van der Waals surface area contributed by atoms with Crippen molar-refractivity contribution in [2.24, 2.45) is 0 Å². The minimum Gasteiger partial charge on any atom is -0.386 e. The lowest BCUT2D eigenvalue weighted by atomic mass is 10.1. The minimum absolute atomic E-state index is 0.345. The molecule has 4 nitrogen and oxygen atoms in total. The number of aliphatic hydroxyl groups excluding tert-OH is 1. The topological polar surface area (TPSA) is 55.1 Å². The van der Waals surface area contributed by atoms with Gasteiger partial charge in [0.1, 0.15) is 17.7 Å². The molecule has 118 valence electrons. The summed E-state index contributed by atoms with van der Waals surface area (Å²) in [5.74, 6) is -1.78. The van der Waals surface area contributed by atoms with E-state index in [-0.39, 0.29) is 0 Å². The highest BCUT2D eigenvalue weighted by Crippen LogP contribution is 2.26. The quantitative estimate of drug-likeness (QED) is 0.883. The van der Waals surface area contributed by atoms with Crippen LogP contribution in [0, 0.1) is 11.6 Å². The first-order valence-corrected chi connectivity index (χ1v) is 5.97. The van der Waals surface area contributed by atoms with Crippen molar-refractivity contribution in [3.63, 3.8) is 0 Å². The number of aliphatic hydroxyl groups is 1. The molecule has 1 unspecified atom stereocenters. The fraction of sp³-hybridized carbons (Fsp3) is 0.231. The SMILES string of the molecule is O=c1ccc(C(F)(F)F)nn1CC(O)c1cc(F)ccc1F. The van der Waals surface area contributed by atoms with Crippen LogP contribution in [0.5, 0.6) is 0 Å². The summed E-state index contributed by atoms with van der Waals surface area (Å²) in [6.45, 7) is -0.747. The zero-order chi connectivity index (χ0) is 16.5. The van der Waals surface area contributed by atoms with E-state index in [9.17, 15) is 31.9 Å². The summed E-state index contributed by atoms with van der Waals surface area (Å²) >= 11 is 0. The maximum atomic E-state index is 13.5. The van der Waals surface area contributed by atoms with Gasteiger partial charge in [0.25, 0.3) is 5.56 Å². The first-order valence-electron chi connectivity index (χ1n) is 5.97. The largest absolute Gasteiger partial charge is 0.435 e. The van der Waals surface area contributed by atoms with Gasteiger partial charge in [0, 0.05) is 11.6 Å². The molecule has 0 saturated heterocycles. The van der Waals surface area contributed by atoms with Crippen LogP contribution in [0.25, 0.3) is 0 Å². The predicted octanol–water partition coefficient (Wildman–Crippen LogP) is 2.27. The maximum Gasteiger partial charge on any atom is 0.435 e. The highest BCUT2D eigenvalue weighted by atomic mass is 19.4. The molecule has 0 aliphatic rings. The predicted molar refractivity (Wildman–Crippen MR) is 64.8 cm³/mol. The Labute approximate surface area is 120 Å². The second-order valence-corrected chi connectivity index (χ2v) is 4.42. The van der Waals surface area contributed by atoms with Crippen molar-refractivity contribution in [3.8, 4) is 0 Å². The molecule has 0 aliphatic heterocycles. The Morgan fingerprint density at radius 1 is 1.18 bits per heavy atom. The van der Waals surface area contributed by atoms with Gasteiger partial charge in [0.05, 0.1) is 6.54 Å². The summed E-state index contributed by atoms with van der Waals surface area (Å²) in [6, 6.07) is 3.40. The van der Waals surface area contributed by atoms with E-state index < -0.39 is 47.3 Å². The Morgan fingerprint density at radius 2 is 1.86 bits per heavy atom. The van der Waals surface area contributed by atoms with Crippen LogP contribution in [0.2, 0.25) is 0 Å². The van der Waals surface area contributed by atoms with E-state index in [1.807, 2.05) is 0 Å². The van der Waals surface area contributed by atoms with Gasteiger partial charge in [-0.15, -0.1) is 0 Å². The van der Waals surface area contributed by atoms with Crippen molar-refractivity contribution in [2.75, 3.05) is 0 Å². The number of aromatic nitrogens is 2. The third kappa shape index (κ3) is 3.48. The van der Waals surface area contributed by atoms with Crippen LogP contribution in [-0.2, 0) is 12.7 Å². The third-order valence-electron chi connectivity index (χ3n) is 2.82. The number of hydrogen-bond donors (Lipinski definition) is 1. The molecule has 0 amide bonds. The Bertz CT molecular complexity index is 742. The van der Waals surface area contributed by atoms with Crippen LogP contribution in [-0.4, -0.2) is 14.9 Å². The molecule has 2 rings (SSSR count). The minimum atomic E-state index is -4.77. The van der Waals surface area contributed by atoms with Crippen molar-refractivity contribution < 1.29 is 27.1 Å². The number of hydrogen-bond acceptors (Lipinski definition) is 3. The monoisotopic (exact) mass is 320 g/mol. The van der Waals surface area contributed by atoms with Gasteiger partial charge < -0.3 is 5.11 Å². The van der Waals surface area contributed by atoms with Crippen LogP contribution in [0.15, 0.2) is 35.1 Å². The van der Waals surface area contributed by atoms with Gasteiger partial charge in [0.2, 0.25) is 0 Å². The molecule has 0 saturated carbocycles. The number of nitrogens with zero attached hydrogens (tertiary/aromatic N) is 2. The van der Waals surface area contributed by atoms with Gasteiger partial charge in [-0.3, -0.25) is 4.79 Å². The summed E-state index contributed by atoms with van der Waals surface area (Å²) in [4.78, 5) is 11.5. The maximum absolute atomic E-state index is 13.5. The number of rotatable bonds is 3. The van der Waals surface area contributed by atoms with E-state index in [2.05, 4.69) is 5.10 Å². The molecule has 9 heteroatoms. The Hall–Kier alpha value is -2.29. The van der Waals surface area contributed by atoms with Crippen LogP contribution in [0.3, 0.4) is 0 Å². The zero-order valence-electron chi connectivity index (χ0n) is 10.8. The highest BCUT2D eigenvalue weighted by molar-refractivity contribution is 5.21. The van der Waals surface area contributed by atoms with Gasteiger partial charge in [-0.25, -0.2) is 13.5 Å². The van der Waals surface area contributed by atoms with E-state index in [4.69, 9.17) is 0 Å². The molecule has 1 aromatic carbocycles. The molecular weight excluding hydrogens is 311 g/mol. The Balaban J connectivity index is 2.34. The summed E-state index contributed by atoms with van der Waals surface area (Å²) in [5, 5.41) is 12.9. The average Bonchev–Trinajstić information content (AvgIpc) is 2.42. The van der Waals surface area contributed by atoms with E-state index in [1.54, 1.807) is 0 Å². The van der Waals surface area contributed by atoms with Crippen LogP contribution in [0.4, 0.5) is 22.0 Å².